The van der Waals surface area contributed by atoms with Crippen LogP contribution in [0.3, 0.4) is 0 Å². The van der Waals surface area contributed by atoms with Crippen LogP contribution in [0.2, 0.25) is 0 Å². The van der Waals surface area contributed by atoms with Crippen LogP contribution < -0.4 is 24.7 Å². The molecule has 2 aliphatic heterocycles. The van der Waals surface area contributed by atoms with Crippen molar-refractivity contribution in [3.8, 4) is 11.5 Å². The number of nitrogens with zero attached hydrogens (tertiary/aromatic N) is 6. The monoisotopic (exact) mass is 457 g/mol. The lowest BCUT2D eigenvalue weighted by Crippen LogP contribution is -2.40. The molecule has 11 heteroatoms. The van der Waals surface area contributed by atoms with E-state index < -0.39 is 0 Å². The first-order valence-corrected chi connectivity index (χ1v) is 11.4. The Kier molecular flexibility index (Phi) is 8.09. The smallest absolute Gasteiger partial charge is 0.250 e. The predicted molar refractivity (Wildman–Crippen MR) is 126 cm³/mol. The maximum Gasteiger partial charge on any atom is 0.250 e. The van der Waals surface area contributed by atoms with Gasteiger partial charge in [-0.2, -0.15) is 20.1 Å². The van der Waals surface area contributed by atoms with Crippen LogP contribution in [0, 0.1) is 0 Å². The largest absolute Gasteiger partial charge is 0.490 e. The predicted octanol–water partition coefficient (Wildman–Crippen LogP) is 1.79. The average Bonchev–Trinajstić information content (AvgIpc) is 2.87. The summed E-state index contributed by atoms with van der Waals surface area (Å²) in [7, 11) is 0. The number of hydrazone groups is 1. The topological polar surface area (TPSA) is 106 Å². The number of benzene rings is 1. The van der Waals surface area contributed by atoms with Gasteiger partial charge in [-0.15, -0.1) is 0 Å². The third-order valence-corrected chi connectivity index (χ3v) is 5.15. The van der Waals surface area contributed by atoms with Crippen LogP contribution in [0.1, 0.15) is 19.4 Å². The maximum absolute atomic E-state index is 5.69. The molecule has 2 saturated heterocycles. The van der Waals surface area contributed by atoms with E-state index in [1.54, 1.807) is 6.21 Å². The minimum atomic E-state index is 0.389. The van der Waals surface area contributed by atoms with E-state index in [9.17, 15) is 0 Å². The van der Waals surface area contributed by atoms with Crippen LogP contribution in [-0.2, 0) is 9.47 Å². The van der Waals surface area contributed by atoms with Gasteiger partial charge in [0.05, 0.1) is 45.9 Å². The van der Waals surface area contributed by atoms with E-state index in [2.05, 4.69) is 30.3 Å². The van der Waals surface area contributed by atoms with Gasteiger partial charge in [0.25, 0.3) is 0 Å². The Bertz CT molecular complexity index is 895. The Morgan fingerprint density at radius 2 is 1.45 bits per heavy atom. The number of ether oxygens (including phenoxy) is 4. The number of anilines is 3. The summed E-state index contributed by atoms with van der Waals surface area (Å²) in [6.45, 7) is 10.6. The molecule has 4 rings (SSSR count). The zero-order valence-corrected chi connectivity index (χ0v) is 19.2. The fourth-order valence-corrected chi connectivity index (χ4v) is 3.53. The second-order valence-electron chi connectivity index (χ2n) is 7.40. The van der Waals surface area contributed by atoms with Crippen molar-refractivity contribution in [2.24, 2.45) is 5.10 Å². The summed E-state index contributed by atoms with van der Waals surface area (Å²) < 4.78 is 22.2. The number of nitrogens with one attached hydrogen (secondary N) is 1. The molecule has 2 fully saturated rings. The van der Waals surface area contributed by atoms with Crippen LogP contribution in [0.15, 0.2) is 23.3 Å². The molecule has 0 bridgehead atoms. The van der Waals surface area contributed by atoms with Crippen molar-refractivity contribution in [1.29, 1.82) is 0 Å². The highest BCUT2D eigenvalue weighted by molar-refractivity contribution is 5.81. The van der Waals surface area contributed by atoms with Gasteiger partial charge in [-0.1, -0.05) is 0 Å². The van der Waals surface area contributed by atoms with E-state index >= 15 is 0 Å². The Labute approximate surface area is 193 Å². The Balaban J connectivity index is 1.52. The maximum atomic E-state index is 5.69. The van der Waals surface area contributed by atoms with Crippen molar-refractivity contribution in [1.82, 2.24) is 15.0 Å². The summed E-state index contributed by atoms with van der Waals surface area (Å²) in [6.07, 6.45) is 1.70. The molecule has 0 saturated carbocycles. The molecule has 0 radical (unpaired) electrons. The average molecular weight is 458 g/mol. The number of hydrogen-bond donors (Lipinski definition) is 1. The molecule has 2 aromatic rings. The van der Waals surface area contributed by atoms with Crippen LogP contribution in [0.5, 0.6) is 11.5 Å². The Hall–Kier alpha value is -3.18. The number of morpholine rings is 2. The quantitative estimate of drug-likeness (QED) is 0.442. The van der Waals surface area contributed by atoms with E-state index in [4.69, 9.17) is 23.9 Å². The molecule has 0 unspecified atom stereocenters. The van der Waals surface area contributed by atoms with Crippen LogP contribution >= 0.6 is 0 Å². The van der Waals surface area contributed by atoms with Gasteiger partial charge < -0.3 is 28.7 Å². The molecule has 3 heterocycles. The molecule has 1 N–H and O–H groups in total. The van der Waals surface area contributed by atoms with Crippen LogP contribution in [0.4, 0.5) is 17.8 Å². The third-order valence-electron chi connectivity index (χ3n) is 5.15. The molecule has 33 heavy (non-hydrogen) atoms. The lowest BCUT2D eigenvalue weighted by atomic mass is 10.2. The summed E-state index contributed by atoms with van der Waals surface area (Å²) >= 11 is 0. The molecule has 0 aliphatic carbocycles. The highest BCUT2D eigenvalue weighted by Gasteiger charge is 2.20. The van der Waals surface area contributed by atoms with Gasteiger partial charge in [-0.3, -0.25) is 0 Å². The first-order chi connectivity index (χ1) is 16.3. The van der Waals surface area contributed by atoms with Gasteiger partial charge >= 0.3 is 0 Å². The van der Waals surface area contributed by atoms with Crippen molar-refractivity contribution in [2.45, 2.75) is 13.8 Å². The molecule has 11 nitrogen and oxygen atoms in total. The van der Waals surface area contributed by atoms with Crippen molar-refractivity contribution in [3.63, 3.8) is 0 Å². The molecule has 1 aromatic heterocycles. The molecule has 1 aromatic carbocycles. The Morgan fingerprint density at radius 3 is 2.03 bits per heavy atom. The summed E-state index contributed by atoms with van der Waals surface area (Å²) in [6, 6.07) is 5.70. The van der Waals surface area contributed by atoms with Crippen molar-refractivity contribution in [3.05, 3.63) is 23.8 Å². The van der Waals surface area contributed by atoms with Gasteiger partial charge in [-0.05, 0) is 37.6 Å². The second kappa shape index (κ2) is 11.6. The zero-order valence-electron chi connectivity index (χ0n) is 19.2. The molecule has 178 valence electrons. The van der Waals surface area contributed by atoms with E-state index in [0.29, 0.717) is 69.0 Å². The normalized spacial score (nSPS) is 16.8. The van der Waals surface area contributed by atoms with E-state index in [0.717, 1.165) is 31.7 Å². The van der Waals surface area contributed by atoms with Crippen LogP contribution in [-0.4, -0.2) is 87.0 Å². The standard InChI is InChI=1S/C22H31N7O4/c1-3-32-18-6-5-17(15-19(18)33-4-2)16-23-27-20-24-21(28-7-11-30-12-8-28)26-22(25-20)29-9-13-31-14-10-29/h5-6,15-16H,3-4,7-14H2,1-2H3,(H,24,25,26,27)/b23-16-. The minimum Gasteiger partial charge on any atom is -0.490 e. The summed E-state index contributed by atoms with van der Waals surface area (Å²) in [5.74, 6) is 3.03. The van der Waals surface area contributed by atoms with Gasteiger partial charge in [-0.25, -0.2) is 5.43 Å². The molecular weight excluding hydrogens is 426 g/mol. The Morgan fingerprint density at radius 1 is 0.879 bits per heavy atom. The first kappa shape index (κ1) is 23.0. The van der Waals surface area contributed by atoms with Gasteiger partial charge in [0.1, 0.15) is 0 Å². The van der Waals surface area contributed by atoms with Crippen molar-refractivity contribution >= 4 is 24.1 Å². The zero-order chi connectivity index (χ0) is 22.9. The number of hydrogen-bond acceptors (Lipinski definition) is 11. The lowest BCUT2D eigenvalue weighted by Gasteiger charge is -2.30. The van der Waals surface area contributed by atoms with E-state index in [-0.39, 0.29) is 0 Å². The summed E-state index contributed by atoms with van der Waals surface area (Å²) in [5, 5.41) is 4.35. The fraction of sp³-hybridized carbons (Fsp3) is 0.545. The SMILES string of the molecule is CCOc1ccc(/C=N\Nc2nc(N3CCOCC3)nc(N3CCOCC3)n2)cc1OCC. The highest BCUT2D eigenvalue weighted by atomic mass is 16.5. The summed E-state index contributed by atoms with van der Waals surface area (Å²) in [4.78, 5) is 18.1. The third kappa shape index (κ3) is 6.20. The minimum absolute atomic E-state index is 0.389. The highest BCUT2D eigenvalue weighted by Crippen LogP contribution is 2.28. The lowest BCUT2D eigenvalue weighted by molar-refractivity contribution is 0.121. The molecule has 2 aliphatic rings. The first-order valence-electron chi connectivity index (χ1n) is 11.4. The van der Waals surface area contributed by atoms with Gasteiger partial charge in [0.15, 0.2) is 11.5 Å². The second-order valence-corrected chi connectivity index (χ2v) is 7.40. The van der Waals surface area contributed by atoms with Gasteiger partial charge in [0.2, 0.25) is 17.8 Å². The number of rotatable bonds is 9. The van der Waals surface area contributed by atoms with Gasteiger partial charge in [0, 0.05) is 26.2 Å². The molecular formula is C22H31N7O4. The van der Waals surface area contributed by atoms with Crippen LogP contribution in [0.25, 0.3) is 0 Å². The summed E-state index contributed by atoms with van der Waals surface area (Å²) in [5.41, 5.74) is 3.83. The molecule has 0 spiro atoms. The molecule has 0 atom stereocenters. The molecule has 0 amide bonds. The van der Waals surface area contributed by atoms with Crippen molar-refractivity contribution < 1.29 is 18.9 Å². The fourth-order valence-electron chi connectivity index (χ4n) is 3.53. The number of aromatic nitrogens is 3. The van der Waals surface area contributed by atoms with E-state index in [1.807, 2.05) is 32.0 Å². The van der Waals surface area contributed by atoms with E-state index in [1.165, 1.54) is 0 Å². The van der Waals surface area contributed by atoms with Crippen molar-refractivity contribution in [2.75, 3.05) is 81.0 Å².